The number of hydrogen-bond donors (Lipinski definition) is 0. The molecule has 24 nitrogen and oxygen atoms in total. The normalized spacial score (nSPS) is 16.3. The average molecular weight is 1250 g/mol. The van der Waals surface area contributed by atoms with Gasteiger partial charge in [0.05, 0.1) is 11.8 Å². The number of aromatic nitrogens is 4. The van der Waals surface area contributed by atoms with Gasteiger partial charge in [0.1, 0.15) is 23.0 Å². The van der Waals surface area contributed by atoms with Crippen molar-refractivity contribution in [2.75, 3.05) is 0 Å². The Morgan fingerprint density at radius 2 is 0.657 bits per heavy atom. The first-order chi connectivity index (χ1) is 31.6. The van der Waals surface area contributed by atoms with Gasteiger partial charge in [-0.15, -0.1) is 8.80 Å². The standard InChI is InChI=1S/4C6H7N.4C4H5NO4S.2Cd/c4*1-6-3-2-4-7-5-6;4*1-3-2-4(6)5-10(7,8)9-3;;/h4*2-5H,1H3;4*2H,1H3,(H,5,6);;/q;;;;;;;;2*+2/p-4. The molecule has 0 unspecified atom stereocenters. The first kappa shape index (κ1) is 66.4. The summed E-state index contributed by atoms with van der Waals surface area (Å²) >= 11 is 0. The number of nitrogens with zero attached hydrogens (tertiary/aromatic N) is 8. The molecule has 0 atom stereocenters. The van der Waals surface area contributed by atoms with Gasteiger partial charge in [0.2, 0.25) is 0 Å². The summed E-state index contributed by atoms with van der Waals surface area (Å²) in [5.74, 6) is -3.04. The fourth-order valence-corrected chi connectivity index (χ4v) is 6.63. The quantitative estimate of drug-likeness (QED) is 0.227. The van der Waals surface area contributed by atoms with Crippen molar-refractivity contribution in [1.82, 2.24) is 19.9 Å². The Morgan fingerprint density at radius 1 is 0.414 bits per heavy atom. The van der Waals surface area contributed by atoms with Crippen LogP contribution in [0, 0.1) is 27.7 Å². The van der Waals surface area contributed by atoms with E-state index in [-0.39, 0.29) is 77.6 Å². The molecule has 0 spiro atoms. The molecule has 8 heterocycles. The van der Waals surface area contributed by atoms with Crippen LogP contribution in [0.1, 0.15) is 49.9 Å². The zero-order chi connectivity index (χ0) is 51.6. The minimum atomic E-state index is -3.97. The molecule has 0 N–H and O–H groups in total. The van der Waals surface area contributed by atoms with E-state index in [1.54, 1.807) is 24.8 Å². The van der Waals surface area contributed by atoms with Crippen LogP contribution in [0.4, 0.5) is 0 Å². The van der Waals surface area contributed by atoms with E-state index in [1.165, 1.54) is 49.9 Å². The molecular weight excluding hydrogens is 1200 g/mol. The second-order valence-electron chi connectivity index (χ2n) is 12.9. The van der Waals surface area contributed by atoms with Gasteiger partial charge in [-0.2, -0.15) is 16.8 Å². The van der Waals surface area contributed by atoms with Crippen LogP contribution < -0.4 is 10.2 Å². The molecule has 0 saturated heterocycles. The molecular formula is C40H44Cd2N8O16S4. The number of aryl methyl sites for hydroxylation is 4. The van der Waals surface area contributed by atoms with Gasteiger partial charge in [-0.1, -0.05) is 24.3 Å². The number of hydrogen-bond acceptors (Lipinski definition) is 20. The molecule has 4 aliphatic rings. The Hall–Kier alpha value is -5.72. The number of carbonyl (C=O) groups excluding carboxylic acids is 2. The smallest absolute Gasteiger partial charge is 0.858 e. The fourth-order valence-electron chi connectivity index (χ4n) is 3.87. The maximum absolute atomic E-state index is 10.4. The summed E-state index contributed by atoms with van der Waals surface area (Å²) in [6.07, 6.45) is 18.4. The summed E-state index contributed by atoms with van der Waals surface area (Å²) in [6, 6.07) is 15.8. The van der Waals surface area contributed by atoms with Gasteiger partial charge in [-0.05, 0) is 114 Å². The molecule has 0 radical (unpaired) electrons. The Labute approximate surface area is 447 Å². The largest absolute Gasteiger partial charge is 2.00 e. The third-order valence-corrected chi connectivity index (χ3v) is 9.81. The van der Waals surface area contributed by atoms with Gasteiger partial charge in [-0.25, -0.2) is 16.8 Å². The maximum atomic E-state index is 10.4. The molecule has 368 valence electrons. The van der Waals surface area contributed by atoms with Gasteiger partial charge in [0.25, 0.3) is 20.6 Å². The van der Waals surface area contributed by atoms with Crippen LogP contribution in [0.2, 0.25) is 0 Å². The minimum absolute atomic E-state index is 0. The summed E-state index contributed by atoms with van der Waals surface area (Å²) in [6.45, 7) is 13.5. The number of rotatable bonds is 0. The van der Waals surface area contributed by atoms with Crippen molar-refractivity contribution in [3.05, 3.63) is 177 Å². The molecule has 0 fully saturated rings. The van der Waals surface area contributed by atoms with Gasteiger partial charge >= 0.3 is 75.2 Å². The molecule has 0 aliphatic carbocycles. The Kier molecular flexibility index (Phi) is 31.3. The molecule has 30 heteroatoms. The van der Waals surface area contributed by atoms with Crippen LogP contribution in [0.5, 0.6) is 0 Å². The zero-order valence-corrected chi connectivity index (χ0v) is 50.0. The Morgan fingerprint density at radius 3 is 0.800 bits per heavy atom. The predicted molar refractivity (Wildman–Crippen MR) is 243 cm³/mol. The van der Waals surface area contributed by atoms with E-state index in [0.29, 0.717) is 0 Å². The van der Waals surface area contributed by atoms with Gasteiger partial charge in [-0.3, -0.25) is 19.9 Å². The van der Waals surface area contributed by atoms with E-state index in [0.717, 1.165) is 24.3 Å². The van der Waals surface area contributed by atoms with Crippen molar-refractivity contribution in [3.63, 3.8) is 0 Å². The molecule has 2 amide bonds. The third kappa shape index (κ3) is 34.5. The van der Waals surface area contributed by atoms with Gasteiger partial charge in [0.15, 0.2) is 0 Å². The molecule has 0 aromatic carbocycles. The molecule has 0 bridgehead atoms. The van der Waals surface area contributed by atoms with E-state index >= 15 is 0 Å². The van der Waals surface area contributed by atoms with Crippen molar-refractivity contribution in [3.8, 4) is 0 Å². The van der Waals surface area contributed by atoms with Crippen LogP contribution in [-0.2, 0) is 122 Å². The third-order valence-electron chi connectivity index (χ3n) is 6.30. The Balaban J connectivity index is 0. The zero-order valence-electron chi connectivity index (χ0n) is 38.7. The number of allylic oxidation sites excluding steroid dienone is 4. The van der Waals surface area contributed by atoms with Crippen molar-refractivity contribution in [1.29, 1.82) is 0 Å². The molecule has 8 rings (SSSR count). The number of amides is 2. The van der Waals surface area contributed by atoms with E-state index in [9.17, 15) is 53.5 Å². The monoisotopic (exact) mass is 1250 g/mol. The van der Waals surface area contributed by atoms with Crippen LogP contribution in [0.15, 0.2) is 154 Å². The summed E-state index contributed by atoms with van der Waals surface area (Å²) in [4.78, 5) is 36.3. The molecule has 0 saturated carbocycles. The van der Waals surface area contributed by atoms with Crippen LogP contribution >= 0.6 is 0 Å². The molecule has 70 heavy (non-hydrogen) atoms. The van der Waals surface area contributed by atoms with E-state index < -0.39 is 64.8 Å². The van der Waals surface area contributed by atoms with Gasteiger partial charge < -0.3 is 46.0 Å². The van der Waals surface area contributed by atoms with Crippen molar-refractivity contribution in [2.24, 2.45) is 8.80 Å². The summed E-state index contributed by atoms with van der Waals surface area (Å²) < 4.78 is 111. The number of pyridine rings is 4. The molecule has 4 aromatic heterocycles. The van der Waals surface area contributed by atoms with Crippen LogP contribution in [0.25, 0.3) is 9.44 Å². The van der Waals surface area contributed by atoms with Crippen LogP contribution in [-0.4, -0.2) is 77.2 Å². The first-order valence-electron chi connectivity index (χ1n) is 18.6. The summed E-state index contributed by atoms with van der Waals surface area (Å²) in [5.41, 5.74) is 4.84. The maximum Gasteiger partial charge on any atom is 2.00 e. The summed E-state index contributed by atoms with van der Waals surface area (Å²) in [5, 5.41) is 20.8. The Bertz CT molecular complexity index is 2640. The second kappa shape index (κ2) is 33.0. The van der Waals surface area contributed by atoms with E-state index in [1.807, 2.05) is 101 Å². The second-order valence-corrected chi connectivity index (χ2v) is 17.7. The molecule has 4 aliphatic heterocycles. The van der Waals surface area contributed by atoms with E-state index in [4.69, 9.17) is 0 Å². The predicted octanol–water partition coefficient (Wildman–Crippen LogP) is 3.53. The summed E-state index contributed by atoms with van der Waals surface area (Å²) in [7, 11) is -15.9. The number of carbonyl (C=O) groups is 2. The van der Waals surface area contributed by atoms with E-state index in [2.05, 4.69) is 54.9 Å². The molecule has 4 aromatic rings. The fraction of sp³-hybridized carbons (Fsp3) is 0.200. The van der Waals surface area contributed by atoms with Gasteiger partial charge in [0, 0.05) is 73.5 Å². The van der Waals surface area contributed by atoms with Crippen molar-refractivity contribution < 1.29 is 125 Å². The van der Waals surface area contributed by atoms with Crippen molar-refractivity contribution >= 4 is 64.8 Å². The average Bonchev–Trinajstić information content (AvgIpc) is 3.17. The van der Waals surface area contributed by atoms with Crippen molar-refractivity contribution in [2.45, 2.75) is 55.4 Å². The SMILES string of the molecule is CC1=CC(=O)[N-]S(=O)(=O)O1.CC1=CC(=O)[N-]S(=O)(=O)O1.CC1=CC([O-])=NS(=O)(=O)O1.CC1=CC([O-])=NS(=O)(=O)O1.Cc1cccnc1.Cc1cccnc1.Cc1cccnc1.Cc1cccnc1.[Cd+2].[Cd+2]. The first-order valence-corrected chi connectivity index (χ1v) is 24.1. The van der Waals surface area contributed by atoms with Crippen LogP contribution in [0.3, 0.4) is 0 Å². The topological polar surface area (TPSA) is 358 Å². The minimum Gasteiger partial charge on any atom is -0.858 e.